The Labute approximate surface area is 79.7 Å². The van der Waals surface area contributed by atoms with Crippen LogP contribution in [0.1, 0.15) is 18.9 Å². The van der Waals surface area contributed by atoms with Gasteiger partial charge in [-0.25, -0.2) is 4.98 Å². The summed E-state index contributed by atoms with van der Waals surface area (Å²) in [4.78, 5) is 3.54. The highest BCUT2D eigenvalue weighted by Gasteiger charge is 2.31. The van der Waals surface area contributed by atoms with Crippen molar-refractivity contribution in [2.75, 3.05) is 0 Å². The van der Waals surface area contributed by atoms with Gasteiger partial charge in [0.15, 0.2) is 0 Å². The lowest BCUT2D eigenvalue weighted by Gasteiger charge is -2.07. The summed E-state index contributed by atoms with van der Waals surface area (Å²) in [5.41, 5.74) is 0.905. The molecule has 1 rings (SSSR count). The second-order valence-corrected chi connectivity index (χ2v) is 2.80. The molecule has 0 saturated heterocycles. The van der Waals surface area contributed by atoms with E-state index in [1.807, 2.05) is 6.92 Å². The predicted molar refractivity (Wildman–Crippen MR) is 44.9 cm³/mol. The number of pyridine rings is 1. The van der Waals surface area contributed by atoms with Crippen LogP contribution in [0.2, 0.25) is 0 Å². The van der Waals surface area contributed by atoms with Gasteiger partial charge < -0.3 is 4.74 Å². The van der Waals surface area contributed by atoms with Gasteiger partial charge in [0.1, 0.15) is 0 Å². The van der Waals surface area contributed by atoms with Gasteiger partial charge in [0.2, 0.25) is 5.88 Å². The average molecular weight is 205 g/mol. The standard InChI is InChI=1S/C9H10F3NO/c1-2-3-7-4-5-8(13-6-7)14-9(10,11)12/h4-6H,2-3H2,1H3. The van der Waals surface area contributed by atoms with Crippen molar-refractivity contribution >= 4 is 0 Å². The minimum absolute atomic E-state index is 0.419. The molecular weight excluding hydrogens is 195 g/mol. The van der Waals surface area contributed by atoms with Crippen LogP contribution in [0.5, 0.6) is 5.88 Å². The number of rotatable bonds is 3. The smallest absolute Gasteiger partial charge is 0.388 e. The van der Waals surface area contributed by atoms with Crippen molar-refractivity contribution in [3.05, 3.63) is 23.9 Å². The molecule has 0 aliphatic heterocycles. The first-order chi connectivity index (χ1) is 6.51. The van der Waals surface area contributed by atoms with Crippen molar-refractivity contribution in [1.29, 1.82) is 0 Å². The minimum Gasteiger partial charge on any atom is -0.388 e. The largest absolute Gasteiger partial charge is 0.574 e. The van der Waals surface area contributed by atoms with E-state index in [0.29, 0.717) is 0 Å². The first-order valence-electron chi connectivity index (χ1n) is 4.22. The fraction of sp³-hybridized carbons (Fsp3) is 0.444. The van der Waals surface area contributed by atoms with E-state index >= 15 is 0 Å². The predicted octanol–water partition coefficient (Wildman–Crippen LogP) is 2.93. The molecule has 78 valence electrons. The van der Waals surface area contributed by atoms with Crippen LogP contribution >= 0.6 is 0 Å². The molecule has 1 aromatic heterocycles. The van der Waals surface area contributed by atoms with Gasteiger partial charge in [-0.2, -0.15) is 0 Å². The number of alkyl halides is 3. The average Bonchev–Trinajstić information content (AvgIpc) is 2.06. The quantitative estimate of drug-likeness (QED) is 0.756. The zero-order chi connectivity index (χ0) is 10.6. The van der Waals surface area contributed by atoms with Gasteiger partial charge in [0, 0.05) is 12.3 Å². The first kappa shape index (κ1) is 10.8. The number of nitrogens with zero attached hydrogens (tertiary/aromatic N) is 1. The van der Waals surface area contributed by atoms with Crippen LogP contribution in [-0.4, -0.2) is 11.3 Å². The molecule has 0 saturated carbocycles. The van der Waals surface area contributed by atoms with Gasteiger partial charge in [0.25, 0.3) is 0 Å². The van der Waals surface area contributed by atoms with E-state index in [0.717, 1.165) is 18.4 Å². The fourth-order valence-corrected chi connectivity index (χ4v) is 1.03. The third-order valence-corrected chi connectivity index (χ3v) is 1.56. The van der Waals surface area contributed by atoms with Crippen LogP contribution in [-0.2, 0) is 6.42 Å². The second-order valence-electron chi connectivity index (χ2n) is 2.80. The van der Waals surface area contributed by atoms with Gasteiger partial charge in [-0.05, 0) is 12.0 Å². The van der Waals surface area contributed by atoms with E-state index in [1.165, 1.54) is 12.3 Å². The summed E-state index contributed by atoms with van der Waals surface area (Å²) in [6, 6.07) is 2.80. The summed E-state index contributed by atoms with van der Waals surface area (Å²) in [7, 11) is 0. The summed E-state index contributed by atoms with van der Waals surface area (Å²) >= 11 is 0. The molecule has 14 heavy (non-hydrogen) atoms. The Balaban J connectivity index is 2.64. The van der Waals surface area contributed by atoms with Crippen molar-refractivity contribution in [3.8, 4) is 5.88 Å². The monoisotopic (exact) mass is 205 g/mol. The van der Waals surface area contributed by atoms with Crippen molar-refractivity contribution in [2.45, 2.75) is 26.1 Å². The Kier molecular flexibility index (Phi) is 3.33. The lowest BCUT2D eigenvalue weighted by molar-refractivity contribution is -0.276. The minimum atomic E-state index is -4.67. The topological polar surface area (TPSA) is 22.1 Å². The van der Waals surface area contributed by atoms with E-state index < -0.39 is 12.2 Å². The third-order valence-electron chi connectivity index (χ3n) is 1.56. The van der Waals surface area contributed by atoms with Crippen LogP contribution in [0.4, 0.5) is 13.2 Å². The summed E-state index contributed by atoms with van der Waals surface area (Å²) in [5, 5.41) is 0. The number of aromatic nitrogens is 1. The van der Waals surface area contributed by atoms with Crippen molar-refractivity contribution < 1.29 is 17.9 Å². The van der Waals surface area contributed by atoms with Gasteiger partial charge >= 0.3 is 6.36 Å². The third kappa shape index (κ3) is 3.64. The number of hydrogen-bond donors (Lipinski definition) is 0. The number of halogens is 3. The Morgan fingerprint density at radius 2 is 2.07 bits per heavy atom. The molecule has 0 unspecified atom stereocenters. The van der Waals surface area contributed by atoms with Gasteiger partial charge in [-0.15, -0.1) is 13.2 Å². The van der Waals surface area contributed by atoms with E-state index in [1.54, 1.807) is 6.07 Å². The Hall–Kier alpha value is -1.26. The molecule has 0 aromatic carbocycles. The van der Waals surface area contributed by atoms with Crippen LogP contribution in [0.15, 0.2) is 18.3 Å². The van der Waals surface area contributed by atoms with Crippen LogP contribution in [0.3, 0.4) is 0 Å². The molecule has 0 atom stereocenters. The lowest BCUT2D eigenvalue weighted by Crippen LogP contribution is -2.17. The maximum atomic E-state index is 11.7. The van der Waals surface area contributed by atoms with Crippen molar-refractivity contribution in [3.63, 3.8) is 0 Å². The zero-order valence-corrected chi connectivity index (χ0v) is 7.64. The molecule has 0 fully saturated rings. The molecule has 0 amide bonds. The molecular formula is C9H10F3NO. The highest BCUT2D eigenvalue weighted by molar-refractivity contribution is 5.17. The van der Waals surface area contributed by atoms with Crippen molar-refractivity contribution in [2.24, 2.45) is 0 Å². The Morgan fingerprint density at radius 3 is 2.50 bits per heavy atom. The van der Waals surface area contributed by atoms with Gasteiger partial charge in [-0.3, -0.25) is 0 Å². The molecule has 0 radical (unpaired) electrons. The number of hydrogen-bond acceptors (Lipinski definition) is 2. The van der Waals surface area contributed by atoms with Crippen molar-refractivity contribution in [1.82, 2.24) is 4.98 Å². The second kappa shape index (κ2) is 4.30. The fourth-order valence-electron chi connectivity index (χ4n) is 1.03. The van der Waals surface area contributed by atoms with E-state index in [4.69, 9.17) is 0 Å². The Morgan fingerprint density at radius 1 is 1.36 bits per heavy atom. The van der Waals surface area contributed by atoms with Crippen LogP contribution < -0.4 is 4.74 Å². The molecule has 0 spiro atoms. The molecule has 0 N–H and O–H groups in total. The highest BCUT2D eigenvalue weighted by Crippen LogP contribution is 2.20. The van der Waals surface area contributed by atoms with Gasteiger partial charge in [-0.1, -0.05) is 19.4 Å². The summed E-state index contributed by atoms with van der Waals surface area (Å²) < 4.78 is 38.8. The van der Waals surface area contributed by atoms with Gasteiger partial charge in [0.05, 0.1) is 0 Å². The number of aryl methyl sites for hydroxylation is 1. The summed E-state index contributed by atoms with van der Waals surface area (Å²) in [5.74, 6) is -0.419. The molecule has 1 aromatic rings. The van der Waals surface area contributed by atoms with Crippen LogP contribution in [0, 0.1) is 0 Å². The number of ether oxygens (including phenoxy) is 1. The van der Waals surface area contributed by atoms with Crippen LogP contribution in [0.25, 0.3) is 0 Å². The molecule has 1 heterocycles. The molecule has 2 nitrogen and oxygen atoms in total. The Bertz CT molecular complexity index is 281. The maximum Gasteiger partial charge on any atom is 0.574 e. The molecule has 5 heteroatoms. The summed E-state index contributed by atoms with van der Waals surface area (Å²) in [6.07, 6.45) is -1.54. The normalized spacial score (nSPS) is 11.4. The molecule has 0 aliphatic carbocycles. The van der Waals surface area contributed by atoms with E-state index in [9.17, 15) is 13.2 Å². The highest BCUT2D eigenvalue weighted by atomic mass is 19.4. The first-order valence-corrected chi connectivity index (χ1v) is 4.22. The van der Waals surface area contributed by atoms with E-state index in [2.05, 4.69) is 9.72 Å². The summed E-state index contributed by atoms with van der Waals surface area (Å²) in [6.45, 7) is 1.99. The van der Waals surface area contributed by atoms with E-state index in [-0.39, 0.29) is 0 Å². The molecule has 0 aliphatic rings. The maximum absolute atomic E-state index is 11.7. The lowest BCUT2D eigenvalue weighted by atomic mass is 10.2. The zero-order valence-electron chi connectivity index (χ0n) is 7.64. The SMILES string of the molecule is CCCc1ccc(OC(F)(F)F)nc1. The molecule has 0 bridgehead atoms.